The molecule has 0 radical (unpaired) electrons. The zero-order valence-corrected chi connectivity index (χ0v) is 13.3. The highest BCUT2D eigenvalue weighted by Gasteiger charge is 2.27. The van der Waals surface area contributed by atoms with Gasteiger partial charge in [0.1, 0.15) is 0 Å². The van der Waals surface area contributed by atoms with Crippen LogP contribution in [0.1, 0.15) is 51.4 Å². The van der Waals surface area contributed by atoms with E-state index >= 15 is 0 Å². The maximum absolute atomic E-state index is 11.9. The van der Waals surface area contributed by atoms with E-state index in [4.69, 9.17) is 9.47 Å². The fraction of sp³-hybridized carbons (Fsp3) is 0.875. The van der Waals surface area contributed by atoms with E-state index in [9.17, 15) is 9.59 Å². The largest absolute Gasteiger partial charge is 0.469 e. The summed E-state index contributed by atoms with van der Waals surface area (Å²) < 4.78 is 15.0. The molecule has 0 aromatic rings. The topological polar surface area (TPSA) is 61.8 Å². The number of unbranched alkanes of at least 4 members (excludes halogenated alkanes) is 2. The lowest BCUT2D eigenvalue weighted by molar-refractivity contribution is -0.150. The molecule has 0 bridgehead atoms. The maximum atomic E-state index is 11.9. The van der Waals surface area contributed by atoms with E-state index in [1.54, 1.807) is 7.11 Å². The number of rotatable bonds is 9. The van der Waals surface area contributed by atoms with Crippen molar-refractivity contribution < 1.29 is 23.8 Å². The summed E-state index contributed by atoms with van der Waals surface area (Å²) in [5.41, 5.74) is 0. The first kappa shape index (κ1) is 18.0. The van der Waals surface area contributed by atoms with Gasteiger partial charge in [-0.3, -0.25) is 9.59 Å². The Labute approximate surface area is 127 Å². The Balaban J connectivity index is 2.03. The summed E-state index contributed by atoms with van der Waals surface area (Å²) in [5, 5.41) is 0. The molecule has 0 aromatic carbocycles. The molecule has 0 unspecified atom stereocenters. The SMILES string of the molecule is COCC1CCC(C(=O)OCCCCCC(=O)OC)CC1. The van der Waals surface area contributed by atoms with Crippen LogP contribution >= 0.6 is 0 Å². The number of carbonyl (C=O) groups excluding carboxylic acids is 2. The number of hydrogen-bond donors (Lipinski definition) is 0. The van der Waals surface area contributed by atoms with Gasteiger partial charge in [0.25, 0.3) is 0 Å². The van der Waals surface area contributed by atoms with Crippen LogP contribution in [0.4, 0.5) is 0 Å². The lowest BCUT2D eigenvalue weighted by atomic mass is 9.82. The van der Waals surface area contributed by atoms with Gasteiger partial charge in [-0.15, -0.1) is 0 Å². The van der Waals surface area contributed by atoms with Crippen molar-refractivity contribution in [1.82, 2.24) is 0 Å². The molecule has 0 aromatic heterocycles. The second-order valence-electron chi connectivity index (χ2n) is 5.73. The van der Waals surface area contributed by atoms with Gasteiger partial charge in [-0.25, -0.2) is 0 Å². The standard InChI is InChI=1S/C16H28O5/c1-19-12-13-7-9-14(10-8-13)16(18)21-11-5-3-4-6-15(17)20-2/h13-14H,3-12H2,1-2H3. The van der Waals surface area contributed by atoms with Gasteiger partial charge < -0.3 is 14.2 Å². The van der Waals surface area contributed by atoms with Crippen molar-refractivity contribution in [3.05, 3.63) is 0 Å². The van der Waals surface area contributed by atoms with Crippen molar-refractivity contribution in [3.63, 3.8) is 0 Å². The van der Waals surface area contributed by atoms with Crippen molar-refractivity contribution in [2.45, 2.75) is 51.4 Å². The molecular weight excluding hydrogens is 272 g/mol. The summed E-state index contributed by atoms with van der Waals surface area (Å²) in [6, 6.07) is 0. The minimum Gasteiger partial charge on any atom is -0.469 e. The monoisotopic (exact) mass is 300 g/mol. The fourth-order valence-electron chi connectivity index (χ4n) is 2.74. The summed E-state index contributed by atoms with van der Waals surface area (Å²) in [7, 11) is 3.12. The van der Waals surface area contributed by atoms with Gasteiger partial charge in [0.05, 0.1) is 19.6 Å². The highest BCUT2D eigenvalue weighted by atomic mass is 16.5. The predicted molar refractivity (Wildman–Crippen MR) is 78.8 cm³/mol. The summed E-state index contributed by atoms with van der Waals surface area (Å²) in [6.07, 6.45) is 6.83. The summed E-state index contributed by atoms with van der Waals surface area (Å²) in [5.74, 6) is 0.421. The third-order valence-corrected chi connectivity index (χ3v) is 4.08. The summed E-state index contributed by atoms with van der Waals surface area (Å²) >= 11 is 0. The van der Waals surface area contributed by atoms with Crippen LogP contribution in [-0.4, -0.2) is 39.4 Å². The van der Waals surface area contributed by atoms with Gasteiger partial charge in [-0.05, 0) is 50.9 Å². The third kappa shape index (κ3) is 7.46. The van der Waals surface area contributed by atoms with Crippen molar-refractivity contribution in [2.24, 2.45) is 11.8 Å². The number of methoxy groups -OCH3 is 2. The van der Waals surface area contributed by atoms with E-state index in [0.29, 0.717) is 18.9 Å². The van der Waals surface area contributed by atoms with Crippen LogP contribution in [0.5, 0.6) is 0 Å². The quantitative estimate of drug-likeness (QED) is 0.484. The molecular formula is C16H28O5. The van der Waals surface area contributed by atoms with Gasteiger partial charge in [0.2, 0.25) is 0 Å². The molecule has 0 N–H and O–H groups in total. The molecule has 0 amide bonds. The second-order valence-corrected chi connectivity index (χ2v) is 5.73. The number of carbonyl (C=O) groups is 2. The highest BCUT2D eigenvalue weighted by Crippen LogP contribution is 2.29. The van der Waals surface area contributed by atoms with E-state index in [2.05, 4.69) is 4.74 Å². The van der Waals surface area contributed by atoms with Gasteiger partial charge in [0.15, 0.2) is 0 Å². The predicted octanol–water partition coefficient (Wildman–Crippen LogP) is 2.72. The van der Waals surface area contributed by atoms with E-state index in [1.807, 2.05) is 0 Å². The van der Waals surface area contributed by atoms with Crippen molar-refractivity contribution in [3.8, 4) is 0 Å². The fourth-order valence-corrected chi connectivity index (χ4v) is 2.74. The first-order valence-electron chi connectivity index (χ1n) is 7.89. The molecule has 1 saturated carbocycles. The van der Waals surface area contributed by atoms with Crippen LogP contribution in [0.15, 0.2) is 0 Å². The normalized spacial score (nSPS) is 21.8. The molecule has 0 atom stereocenters. The Morgan fingerprint density at radius 3 is 2.33 bits per heavy atom. The van der Waals surface area contributed by atoms with Crippen LogP contribution < -0.4 is 0 Å². The first-order valence-corrected chi connectivity index (χ1v) is 7.89. The molecule has 1 fully saturated rings. The average Bonchev–Trinajstić information content (AvgIpc) is 2.51. The lowest BCUT2D eigenvalue weighted by Gasteiger charge is -2.26. The molecule has 21 heavy (non-hydrogen) atoms. The Kier molecular flexibility index (Phi) is 9.06. The van der Waals surface area contributed by atoms with Crippen LogP contribution in [-0.2, 0) is 23.8 Å². The molecule has 0 heterocycles. The van der Waals surface area contributed by atoms with E-state index in [-0.39, 0.29) is 17.9 Å². The molecule has 0 aliphatic heterocycles. The molecule has 122 valence electrons. The molecule has 5 nitrogen and oxygen atoms in total. The Morgan fingerprint density at radius 2 is 1.71 bits per heavy atom. The third-order valence-electron chi connectivity index (χ3n) is 4.08. The van der Waals surface area contributed by atoms with E-state index in [0.717, 1.165) is 51.6 Å². The van der Waals surface area contributed by atoms with Crippen LogP contribution in [0.3, 0.4) is 0 Å². The minimum absolute atomic E-state index is 0.0566. The zero-order valence-electron chi connectivity index (χ0n) is 13.3. The van der Waals surface area contributed by atoms with Gasteiger partial charge in [-0.1, -0.05) is 0 Å². The molecule has 1 aliphatic carbocycles. The zero-order chi connectivity index (χ0) is 15.5. The smallest absolute Gasteiger partial charge is 0.308 e. The highest BCUT2D eigenvalue weighted by molar-refractivity contribution is 5.72. The van der Waals surface area contributed by atoms with Crippen LogP contribution in [0.25, 0.3) is 0 Å². The number of ether oxygens (including phenoxy) is 3. The summed E-state index contributed by atoms with van der Waals surface area (Å²) in [6.45, 7) is 1.25. The minimum atomic E-state index is -0.181. The molecule has 1 rings (SSSR count). The molecule has 5 heteroatoms. The average molecular weight is 300 g/mol. The Hall–Kier alpha value is -1.10. The van der Waals surface area contributed by atoms with Crippen molar-refractivity contribution >= 4 is 11.9 Å². The number of esters is 2. The van der Waals surface area contributed by atoms with Gasteiger partial charge in [0, 0.05) is 20.1 Å². The summed E-state index contributed by atoms with van der Waals surface area (Å²) in [4.78, 5) is 22.8. The molecule has 0 saturated heterocycles. The van der Waals surface area contributed by atoms with Gasteiger partial charge >= 0.3 is 11.9 Å². The Morgan fingerprint density at radius 1 is 1.00 bits per heavy atom. The molecule has 1 aliphatic rings. The number of hydrogen-bond acceptors (Lipinski definition) is 5. The van der Waals surface area contributed by atoms with Crippen LogP contribution in [0, 0.1) is 11.8 Å². The van der Waals surface area contributed by atoms with Crippen molar-refractivity contribution in [1.29, 1.82) is 0 Å². The first-order chi connectivity index (χ1) is 10.2. The van der Waals surface area contributed by atoms with Gasteiger partial charge in [-0.2, -0.15) is 0 Å². The van der Waals surface area contributed by atoms with Crippen molar-refractivity contribution in [2.75, 3.05) is 27.4 Å². The molecule has 0 spiro atoms. The van der Waals surface area contributed by atoms with E-state index < -0.39 is 0 Å². The Bertz CT molecular complexity index is 308. The second kappa shape index (κ2) is 10.6. The lowest BCUT2D eigenvalue weighted by Crippen LogP contribution is -2.25. The van der Waals surface area contributed by atoms with Crippen LogP contribution in [0.2, 0.25) is 0 Å². The van der Waals surface area contributed by atoms with E-state index in [1.165, 1.54) is 7.11 Å². The maximum Gasteiger partial charge on any atom is 0.308 e.